The van der Waals surface area contributed by atoms with Crippen LogP contribution in [0.25, 0.3) is 0 Å². The fourth-order valence-electron chi connectivity index (χ4n) is 2.57. The third kappa shape index (κ3) is 28.0. The van der Waals surface area contributed by atoms with Crippen LogP contribution in [0.5, 0.6) is 0 Å². The number of ether oxygens (including phenoxy) is 1. The van der Waals surface area contributed by atoms with Gasteiger partial charge in [-0.15, -0.1) is 0 Å². The Morgan fingerprint density at radius 2 is 1.50 bits per heavy atom. The van der Waals surface area contributed by atoms with E-state index >= 15 is 0 Å². The summed E-state index contributed by atoms with van der Waals surface area (Å²) in [5.41, 5.74) is 0. The number of carboxylic acids is 1. The number of aliphatic hydroxyl groups excluding tert-OH is 1. The summed E-state index contributed by atoms with van der Waals surface area (Å²) in [5.74, 6) is -0.689. The van der Waals surface area contributed by atoms with Gasteiger partial charge in [-0.3, -0.25) is 4.79 Å². The van der Waals surface area contributed by atoms with Crippen molar-refractivity contribution in [3.05, 3.63) is 12.2 Å². The van der Waals surface area contributed by atoms with E-state index in [1.807, 2.05) is 13.8 Å². The first-order valence-electron chi connectivity index (χ1n) is 10.7. The summed E-state index contributed by atoms with van der Waals surface area (Å²) in [5, 5.41) is 18.3. The van der Waals surface area contributed by atoms with E-state index in [1.54, 1.807) is 0 Å². The summed E-state index contributed by atoms with van der Waals surface area (Å²) in [6.45, 7) is 7.87. The Bertz CT molecular complexity index is 301. The summed E-state index contributed by atoms with van der Waals surface area (Å²) in [6, 6.07) is 0. The van der Waals surface area contributed by atoms with Gasteiger partial charge in [0.1, 0.15) is 0 Å². The number of unbranched alkanes of at least 4 members (excludes halogenated alkanes) is 8. The molecule has 0 amide bonds. The molecule has 0 saturated carbocycles. The van der Waals surface area contributed by atoms with Gasteiger partial charge in [0.25, 0.3) is 0 Å². The zero-order valence-electron chi connectivity index (χ0n) is 17.5. The van der Waals surface area contributed by atoms with Gasteiger partial charge in [-0.1, -0.05) is 64.0 Å². The number of carboxylic acid groups (broad SMARTS) is 1. The molecule has 0 rings (SSSR count). The minimum atomic E-state index is -0.689. The Morgan fingerprint density at radius 3 is 2.08 bits per heavy atom. The van der Waals surface area contributed by atoms with E-state index in [2.05, 4.69) is 19.1 Å². The highest BCUT2D eigenvalue weighted by molar-refractivity contribution is 5.66. The lowest BCUT2D eigenvalue weighted by Gasteiger charge is -2.07. The molecule has 1 atom stereocenters. The largest absolute Gasteiger partial charge is 0.481 e. The number of aliphatic hydroxyl groups is 1. The van der Waals surface area contributed by atoms with Gasteiger partial charge in [0.05, 0.1) is 6.10 Å². The van der Waals surface area contributed by atoms with Gasteiger partial charge in [-0.05, 0) is 46.0 Å². The van der Waals surface area contributed by atoms with Gasteiger partial charge in [-0.2, -0.15) is 0 Å². The molecule has 0 aromatic heterocycles. The molecule has 0 aliphatic carbocycles. The highest BCUT2D eigenvalue weighted by Gasteiger charge is 2.00. The second-order valence-electron chi connectivity index (χ2n) is 6.69. The van der Waals surface area contributed by atoms with E-state index in [0.717, 1.165) is 64.6 Å². The van der Waals surface area contributed by atoms with Gasteiger partial charge in [0.2, 0.25) is 0 Å². The lowest BCUT2D eigenvalue weighted by Crippen LogP contribution is -2.04. The Morgan fingerprint density at radius 1 is 0.885 bits per heavy atom. The second-order valence-corrected chi connectivity index (χ2v) is 6.69. The molecule has 0 aromatic carbocycles. The van der Waals surface area contributed by atoms with Crippen LogP contribution in [0.3, 0.4) is 0 Å². The van der Waals surface area contributed by atoms with Gasteiger partial charge in [-0.25, -0.2) is 0 Å². The van der Waals surface area contributed by atoms with Crippen molar-refractivity contribution in [2.75, 3.05) is 13.2 Å². The van der Waals surface area contributed by atoms with Crippen molar-refractivity contribution < 1.29 is 19.7 Å². The average molecular weight is 373 g/mol. The van der Waals surface area contributed by atoms with Crippen LogP contribution in [0.15, 0.2) is 12.2 Å². The van der Waals surface area contributed by atoms with Crippen LogP contribution in [0.4, 0.5) is 0 Å². The van der Waals surface area contributed by atoms with Gasteiger partial charge in [0.15, 0.2) is 0 Å². The van der Waals surface area contributed by atoms with Crippen molar-refractivity contribution in [2.45, 2.75) is 110 Å². The minimum absolute atomic E-state index is 0.172. The molecule has 26 heavy (non-hydrogen) atoms. The van der Waals surface area contributed by atoms with E-state index in [4.69, 9.17) is 9.84 Å². The van der Waals surface area contributed by atoms with Crippen molar-refractivity contribution in [2.24, 2.45) is 0 Å². The molecule has 0 heterocycles. The Balaban J connectivity index is 0. The minimum Gasteiger partial charge on any atom is -0.481 e. The van der Waals surface area contributed by atoms with Crippen LogP contribution >= 0.6 is 0 Å². The summed E-state index contributed by atoms with van der Waals surface area (Å²) in [4.78, 5) is 10.3. The highest BCUT2D eigenvalue weighted by atomic mass is 16.5. The average Bonchev–Trinajstić information content (AvgIpc) is 2.61. The number of rotatable bonds is 17. The van der Waals surface area contributed by atoms with E-state index in [0.29, 0.717) is 6.42 Å². The molecule has 0 fully saturated rings. The van der Waals surface area contributed by atoms with E-state index < -0.39 is 5.97 Å². The van der Waals surface area contributed by atoms with Crippen molar-refractivity contribution in [3.63, 3.8) is 0 Å². The van der Waals surface area contributed by atoms with Gasteiger partial charge in [0, 0.05) is 19.6 Å². The molecule has 156 valence electrons. The smallest absolute Gasteiger partial charge is 0.303 e. The fraction of sp³-hybridized carbons (Fsp3) is 0.864. The predicted molar refractivity (Wildman–Crippen MR) is 111 cm³/mol. The first-order chi connectivity index (χ1) is 12.6. The molecule has 4 nitrogen and oxygen atoms in total. The zero-order chi connectivity index (χ0) is 19.9. The quantitative estimate of drug-likeness (QED) is 0.238. The number of carbonyl (C=O) groups is 1. The topological polar surface area (TPSA) is 66.8 Å². The standard InChI is InChI=1S/C18H34O3.C4H10O/c1-2-3-4-11-14-17(19)15-12-9-7-5-6-8-10-13-16-18(20)21;1-3-5-4-2/h9,12,17,19H,2-8,10-11,13-16H2,1H3,(H,20,21);3-4H2,1-2H3/b12-9-;/t17-;/m1./s1. The number of hydrogen-bond donors (Lipinski definition) is 2. The number of aliphatic carboxylic acids is 1. The first kappa shape index (κ1) is 27.3. The van der Waals surface area contributed by atoms with E-state index in [-0.39, 0.29) is 6.10 Å². The van der Waals surface area contributed by atoms with Crippen molar-refractivity contribution in [1.29, 1.82) is 0 Å². The maximum Gasteiger partial charge on any atom is 0.303 e. The summed E-state index contributed by atoms with van der Waals surface area (Å²) in [6.07, 6.45) is 17.4. The second kappa shape index (κ2) is 24.1. The lowest BCUT2D eigenvalue weighted by atomic mass is 10.1. The normalized spacial score (nSPS) is 12.0. The first-order valence-corrected chi connectivity index (χ1v) is 10.7. The molecule has 0 spiro atoms. The molecule has 0 saturated heterocycles. The van der Waals surface area contributed by atoms with Crippen molar-refractivity contribution >= 4 is 5.97 Å². The number of hydrogen-bond acceptors (Lipinski definition) is 3. The SMILES string of the molecule is CCCCCC[C@@H](O)C/C=C\CCCCCCCC(=O)O.CCOCC. The van der Waals surface area contributed by atoms with Gasteiger partial charge < -0.3 is 14.9 Å². The fourth-order valence-corrected chi connectivity index (χ4v) is 2.57. The predicted octanol–water partition coefficient (Wildman–Crippen LogP) is 6.12. The van der Waals surface area contributed by atoms with E-state index in [9.17, 15) is 9.90 Å². The summed E-state index contributed by atoms with van der Waals surface area (Å²) >= 11 is 0. The lowest BCUT2D eigenvalue weighted by molar-refractivity contribution is -0.137. The van der Waals surface area contributed by atoms with Crippen LogP contribution in [-0.2, 0) is 9.53 Å². The Kier molecular flexibility index (Phi) is 25.4. The van der Waals surface area contributed by atoms with Crippen LogP contribution in [0.2, 0.25) is 0 Å². The van der Waals surface area contributed by atoms with Crippen LogP contribution < -0.4 is 0 Å². The molecular weight excluding hydrogens is 328 g/mol. The molecule has 0 bridgehead atoms. The molecule has 4 heteroatoms. The molecule has 0 aliphatic rings. The highest BCUT2D eigenvalue weighted by Crippen LogP contribution is 2.10. The molecule has 0 aliphatic heterocycles. The molecule has 0 unspecified atom stereocenters. The monoisotopic (exact) mass is 372 g/mol. The Labute approximate surface area is 162 Å². The zero-order valence-corrected chi connectivity index (χ0v) is 17.5. The van der Waals surface area contributed by atoms with E-state index in [1.165, 1.54) is 25.7 Å². The third-order valence-corrected chi connectivity index (χ3v) is 4.14. The molecule has 0 aromatic rings. The molecule has 2 N–H and O–H groups in total. The van der Waals surface area contributed by atoms with Crippen LogP contribution in [0.1, 0.15) is 104 Å². The molecule has 0 radical (unpaired) electrons. The summed E-state index contributed by atoms with van der Waals surface area (Å²) < 4.78 is 4.83. The third-order valence-electron chi connectivity index (χ3n) is 4.14. The van der Waals surface area contributed by atoms with Crippen molar-refractivity contribution in [3.8, 4) is 0 Å². The van der Waals surface area contributed by atoms with Crippen molar-refractivity contribution in [1.82, 2.24) is 0 Å². The Hall–Kier alpha value is -0.870. The van der Waals surface area contributed by atoms with Crippen LogP contribution in [-0.4, -0.2) is 35.5 Å². The number of allylic oxidation sites excluding steroid dienone is 1. The maximum atomic E-state index is 10.3. The van der Waals surface area contributed by atoms with Gasteiger partial charge >= 0.3 is 5.97 Å². The maximum absolute atomic E-state index is 10.3. The van der Waals surface area contributed by atoms with Crippen LogP contribution in [0, 0.1) is 0 Å². The summed E-state index contributed by atoms with van der Waals surface area (Å²) in [7, 11) is 0. The molecular formula is C22H44O4.